The minimum atomic E-state index is -0.117. The molecule has 0 radical (unpaired) electrons. The van der Waals surface area contributed by atoms with E-state index in [0.29, 0.717) is 32.1 Å². The zero-order valence-corrected chi connectivity index (χ0v) is 19.8. The van der Waals surface area contributed by atoms with E-state index in [4.69, 9.17) is 19.4 Å². The van der Waals surface area contributed by atoms with Crippen molar-refractivity contribution >= 4 is 23.0 Å². The van der Waals surface area contributed by atoms with Gasteiger partial charge in [-0.1, -0.05) is 31.0 Å². The Morgan fingerprint density at radius 3 is 2.76 bits per heavy atom. The zero-order valence-electron chi connectivity index (χ0n) is 19.8. The molecular weight excluding hydrogens is 434 g/mol. The molecule has 9 nitrogen and oxygen atoms in total. The summed E-state index contributed by atoms with van der Waals surface area (Å²) in [4.78, 5) is 28.1. The van der Waals surface area contributed by atoms with Crippen LogP contribution in [0.2, 0.25) is 0 Å². The molecule has 0 bridgehead atoms. The van der Waals surface area contributed by atoms with Gasteiger partial charge in [0.05, 0.1) is 32.8 Å². The van der Waals surface area contributed by atoms with Gasteiger partial charge in [-0.25, -0.2) is 15.0 Å². The maximum Gasteiger partial charge on any atom is 0.305 e. The maximum absolute atomic E-state index is 11.5. The summed E-state index contributed by atoms with van der Waals surface area (Å²) in [5, 5.41) is 9.56. The predicted molar refractivity (Wildman–Crippen MR) is 129 cm³/mol. The van der Waals surface area contributed by atoms with Crippen LogP contribution in [0.1, 0.15) is 44.6 Å². The fraction of sp³-hybridized carbons (Fsp3) is 0.520. The van der Waals surface area contributed by atoms with E-state index in [1.165, 1.54) is 0 Å². The minimum absolute atomic E-state index is 0.0273. The van der Waals surface area contributed by atoms with Crippen molar-refractivity contribution in [3.63, 3.8) is 0 Å². The van der Waals surface area contributed by atoms with Crippen LogP contribution in [-0.4, -0.2) is 63.5 Å². The molecule has 1 N–H and O–H groups in total. The molecule has 4 rings (SSSR count). The number of aliphatic hydroxyl groups excluding tert-OH is 1. The molecule has 0 saturated carbocycles. The summed E-state index contributed by atoms with van der Waals surface area (Å²) in [6.45, 7) is 5.88. The molecule has 3 heterocycles. The number of carbonyl (C=O) groups is 1. The Labute approximate surface area is 199 Å². The van der Waals surface area contributed by atoms with Crippen LogP contribution in [-0.2, 0) is 27.4 Å². The molecule has 0 aliphatic carbocycles. The standard InChI is InChI=1S/C25H33N5O4/c1-2-34-21(32)10-5-3-4-6-11-30-18-26-22-24(29-12-14-33-15-13-29)27-23(28-25(22)30)20-9-7-8-19(16-20)17-31/h7-9,16,18,31H,2-6,10-15,17H2,1H3. The molecule has 1 fully saturated rings. The van der Waals surface area contributed by atoms with Crippen molar-refractivity contribution in [1.29, 1.82) is 0 Å². The number of benzene rings is 1. The molecule has 0 spiro atoms. The van der Waals surface area contributed by atoms with Crippen molar-refractivity contribution < 1.29 is 19.4 Å². The summed E-state index contributed by atoms with van der Waals surface area (Å²) < 4.78 is 12.6. The van der Waals surface area contributed by atoms with Gasteiger partial charge in [0.15, 0.2) is 22.8 Å². The van der Waals surface area contributed by atoms with Gasteiger partial charge in [0.2, 0.25) is 0 Å². The average Bonchev–Trinajstić information content (AvgIpc) is 3.29. The lowest BCUT2D eigenvalue weighted by Gasteiger charge is -2.28. The van der Waals surface area contributed by atoms with Gasteiger partial charge in [-0.2, -0.15) is 0 Å². The summed E-state index contributed by atoms with van der Waals surface area (Å²) >= 11 is 0. The molecule has 9 heteroatoms. The molecule has 0 amide bonds. The lowest BCUT2D eigenvalue weighted by molar-refractivity contribution is -0.143. The fourth-order valence-electron chi connectivity index (χ4n) is 4.16. The van der Waals surface area contributed by atoms with Crippen molar-refractivity contribution in [2.45, 2.75) is 52.2 Å². The number of aliphatic hydroxyl groups is 1. The summed E-state index contributed by atoms with van der Waals surface area (Å²) in [6, 6.07) is 7.69. The molecule has 0 unspecified atom stereocenters. The number of imidazole rings is 1. The summed E-state index contributed by atoms with van der Waals surface area (Å²) in [5.74, 6) is 1.33. The number of unbranched alkanes of at least 4 members (excludes halogenated alkanes) is 3. The normalized spacial score (nSPS) is 14.0. The van der Waals surface area contributed by atoms with Gasteiger partial charge in [-0.3, -0.25) is 4.79 Å². The van der Waals surface area contributed by atoms with E-state index >= 15 is 0 Å². The largest absolute Gasteiger partial charge is 0.466 e. The zero-order chi connectivity index (χ0) is 23.8. The van der Waals surface area contributed by atoms with Crippen LogP contribution in [0, 0.1) is 0 Å². The number of esters is 1. The summed E-state index contributed by atoms with van der Waals surface area (Å²) in [5.41, 5.74) is 3.30. The molecule has 0 atom stereocenters. The Morgan fingerprint density at radius 2 is 1.97 bits per heavy atom. The topological polar surface area (TPSA) is 103 Å². The molecule has 1 saturated heterocycles. The van der Waals surface area contributed by atoms with E-state index in [2.05, 4.69) is 14.5 Å². The highest BCUT2D eigenvalue weighted by atomic mass is 16.5. The van der Waals surface area contributed by atoms with Crippen molar-refractivity contribution in [2.75, 3.05) is 37.8 Å². The number of carbonyl (C=O) groups excluding carboxylic acids is 1. The highest BCUT2D eigenvalue weighted by Crippen LogP contribution is 2.28. The highest BCUT2D eigenvalue weighted by molar-refractivity contribution is 5.85. The monoisotopic (exact) mass is 467 g/mol. The predicted octanol–water partition coefficient (Wildman–Crippen LogP) is 3.34. The Morgan fingerprint density at radius 1 is 1.15 bits per heavy atom. The van der Waals surface area contributed by atoms with Crippen LogP contribution >= 0.6 is 0 Å². The number of hydrogen-bond acceptors (Lipinski definition) is 8. The summed E-state index contributed by atoms with van der Waals surface area (Å²) in [6.07, 6.45) is 6.15. The first-order chi connectivity index (χ1) is 16.7. The molecular formula is C25H33N5O4. The summed E-state index contributed by atoms with van der Waals surface area (Å²) in [7, 11) is 0. The van der Waals surface area contributed by atoms with E-state index in [1.807, 2.05) is 37.5 Å². The Hall–Kier alpha value is -3.04. The van der Waals surface area contributed by atoms with Crippen molar-refractivity contribution in [3.05, 3.63) is 36.2 Å². The first-order valence-electron chi connectivity index (χ1n) is 12.1. The number of rotatable bonds is 11. The second-order valence-electron chi connectivity index (χ2n) is 8.41. The van der Waals surface area contributed by atoms with Gasteiger partial charge < -0.3 is 24.0 Å². The third-order valence-electron chi connectivity index (χ3n) is 5.96. The van der Waals surface area contributed by atoms with E-state index < -0.39 is 0 Å². The third kappa shape index (κ3) is 5.90. The Bertz CT molecular complexity index is 1090. The van der Waals surface area contributed by atoms with E-state index in [1.54, 1.807) is 0 Å². The van der Waals surface area contributed by atoms with Crippen LogP contribution in [0.15, 0.2) is 30.6 Å². The second-order valence-corrected chi connectivity index (χ2v) is 8.41. The lowest BCUT2D eigenvalue weighted by atomic mass is 10.1. The van der Waals surface area contributed by atoms with Crippen LogP contribution in [0.3, 0.4) is 0 Å². The number of nitrogens with zero attached hydrogens (tertiary/aromatic N) is 5. The quantitative estimate of drug-likeness (QED) is 0.338. The molecule has 3 aromatic rings. The van der Waals surface area contributed by atoms with Gasteiger partial charge in [0, 0.05) is 31.6 Å². The first kappa shape index (κ1) is 24.1. The highest BCUT2D eigenvalue weighted by Gasteiger charge is 2.21. The Kier molecular flexibility index (Phi) is 8.43. The van der Waals surface area contributed by atoms with Gasteiger partial charge in [-0.05, 0) is 31.4 Å². The van der Waals surface area contributed by atoms with Gasteiger partial charge in [-0.15, -0.1) is 0 Å². The molecule has 182 valence electrons. The SMILES string of the molecule is CCOC(=O)CCCCCCn1cnc2c(N3CCOCC3)nc(-c3cccc(CO)c3)nc21. The van der Waals surface area contributed by atoms with Crippen LogP contribution < -0.4 is 4.90 Å². The number of morpholine rings is 1. The number of aryl methyl sites for hydroxylation is 1. The van der Waals surface area contributed by atoms with Crippen LogP contribution in [0.25, 0.3) is 22.6 Å². The smallest absolute Gasteiger partial charge is 0.305 e. The van der Waals surface area contributed by atoms with E-state index in [9.17, 15) is 9.90 Å². The number of hydrogen-bond donors (Lipinski definition) is 1. The lowest BCUT2D eigenvalue weighted by Crippen LogP contribution is -2.37. The number of fused-ring (bicyclic) bond motifs is 1. The van der Waals surface area contributed by atoms with Gasteiger partial charge >= 0.3 is 5.97 Å². The number of aromatic nitrogens is 4. The van der Waals surface area contributed by atoms with E-state index in [-0.39, 0.29) is 12.6 Å². The molecule has 1 aliphatic heterocycles. The van der Waals surface area contributed by atoms with E-state index in [0.717, 1.165) is 73.4 Å². The molecule has 2 aromatic heterocycles. The van der Waals surface area contributed by atoms with Gasteiger partial charge in [0.1, 0.15) is 0 Å². The van der Waals surface area contributed by atoms with Crippen molar-refractivity contribution in [1.82, 2.24) is 19.5 Å². The second kappa shape index (κ2) is 11.9. The molecule has 1 aliphatic rings. The first-order valence-corrected chi connectivity index (χ1v) is 12.1. The number of ether oxygens (including phenoxy) is 2. The minimum Gasteiger partial charge on any atom is -0.466 e. The fourth-order valence-corrected chi connectivity index (χ4v) is 4.16. The third-order valence-corrected chi connectivity index (χ3v) is 5.96. The van der Waals surface area contributed by atoms with Gasteiger partial charge in [0.25, 0.3) is 0 Å². The van der Waals surface area contributed by atoms with Crippen molar-refractivity contribution in [2.24, 2.45) is 0 Å². The van der Waals surface area contributed by atoms with Crippen LogP contribution in [0.5, 0.6) is 0 Å². The van der Waals surface area contributed by atoms with Crippen molar-refractivity contribution in [3.8, 4) is 11.4 Å². The number of anilines is 1. The maximum atomic E-state index is 11.5. The Balaban J connectivity index is 1.53. The van der Waals surface area contributed by atoms with Crippen LogP contribution in [0.4, 0.5) is 5.82 Å². The molecule has 34 heavy (non-hydrogen) atoms. The molecule has 1 aromatic carbocycles. The average molecular weight is 468 g/mol.